The molecule has 0 unspecified atom stereocenters. The van der Waals surface area contributed by atoms with E-state index in [0.29, 0.717) is 50.9 Å². The minimum absolute atomic E-state index is 0.333. The molecule has 4 aliphatic heterocycles. The number of nitrogens with zero attached hydrogens (tertiary/aromatic N) is 8. The summed E-state index contributed by atoms with van der Waals surface area (Å²) in [6, 6.07) is 1.35. The molecule has 0 atom stereocenters. The number of hydrogen-bond acceptors (Lipinski definition) is 8. The Bertz CT molecular complexity index is 1270. The lowest BCUT2D eigenvalue weighted by atomic mass is 9.52. The Balaban J connectivity index is 0.000000788. The van der Waals surface area contributed by atoms with Crippen LogP contribution in [0.4, 0.5) is 0 Å². The maximum Gasteiger partial charge on any atom is 0.0211 e. The van der Waals surface area contributed by atoms with Crippen LogP contribution >= 0.6 is 0 Å². The first-order chi connectivity index (χ1) is 31.7. The molecule has 422 valence electrons. The Kier molecular flexibility index (Phi) is 30.3. The Hall–Kier alpha value is -0.320. The van der Waals surface area contributed by atoms with Gasteiger partial charge < -0.3 is 29.4 Å². The van der Waals surface area contributed by atoms with Crippen LogP contribution in [0.1, 0.15) is 234 Å². The van der Waals surface area contributed by atoms with Crippen LogP contribution in [-0.2, 0) is 0 Å². The topological polar surface area (TPSA) is 25.9 Å². The zero-order valence-corrected chi connectivity index (χ0v) is 53.8. The van der Waals surface area contributed by atoms with Gasteiger partial charge in [-0.25, -0.2) is 0 Å². The predicted molar refractivity (Wildman–Crippen MR) is 317 cm³/mol. The number of rotatable bonds is 5. The Morgan fingerprint density at radius 3 is 0.886 bits per heavy atom. The summed E-state index contributed by atoms with van der Waals surface area (Å²) in [7, 11) is 24.0. The maximum atomic E-state index is 2.54. The van der Waals surface area contributed by atoms with E-state index in [4.69, 9.17) is 0 Å². The van der Waals surface area contributed by atoms with Crippen LogP contribution in [0.25, 0.3) is 0 Å². The molecule has 4 bridgehead atoms. The van der Waals surface area contributed by atoms with Crippen molar-refractivity contribution in [3.05, 3.63) is 0 Å². The van der Waals surface area contributed by atoms with Gasteiger partial charge in [0.2, 0.25) is 0 Å². The Morgan fingerprint density at radius 2 is 0.743 bits per heavy atom. The first-order valence-corrected chi connectivity index (χ1v) is 29.3. The third-order valence-electron chi connectivity index (χ3n) is 19.5. The second-order valence-electron chi connectivity index (χ2n) is 29.1. The zero-order chi connectivity index (χ0) is 54.9. The normalized spacial score (nSPS) is 27.9. The molecule has 0 amide bonds. The average Bonchev–Trinajstić information content (AvgIpc) is 3.79. The Morgan fingerprint density at radius 1 is 0.457 bits per heavy atom. The molecular formula is C62H134N8. The van der Waals surface area contributed by atoms with E-state index in [9.17, 15) is 0 Å². The molecule has 0 aromatic rings. The van der Waals surface area contributed by atoms with Gasteiger partial charge in [-0.2, -0.15) is 0 Å². The molecule has 8 aliphatic rings. The number of hydrogen-bond donors (Lipinski definition) is 0. The molecule has 0 aromatic heterocycles. The van der Waals surface area contributed by atoms with Crippen molar-refractivity contribution in [2.75, 3.05) is 104 Å². The third-order valence-corrected chi connectivity index (χ3v) is 19.5. The zero-order valence-electron chi connectivity index (χ0n) is 53.8. The molecule has 4 heterocycles. The van der Waals surface area contributed by atoms with E-state index in [0.717, 1.165) is 17.8 Å². The van der Waals surface area contributed by atoms with Crippen LogP contribution in [-0.4, -0.2) is 194 Å². The second-order valence-corrected chi connectivity index (χ2v) is 29.1. The van der Waals surface area contributed by atoms with Gasteiger partial charge in [-0.3, -0.25) is 9.80 Å². The first kappa shape index (κ1) is 69.7. The van der Waals surface area contributed by atoms with E-state index in [1.165, 1.54) is 116 Å². The van der Waals surface area contributed by atoms with Crippen molar-refractivity contribution in [2.24, 2.45) is 17.8 Å². The van der Waals surface area contributed by atoms with Gasteiger partial charge in [-0.05, 0) is 342 Å². The summed E-state index contributed by atoms with van der Waals surface area (Å²) in [5.74, 6) is 3.27. The van der Waals surface area contributed by atoms with Gasteiger partial charge in [0.1, 0.15) is 0 Å². The van der Waals surface area contributed by atoms with Crippen molar-refractivity contribution in [1.29, 1.82) is 0 Å². The molecular weight excluding hydrogens is 857 g/mol. The molecule has 4 saturated heterocycles. The quantitative estimate of drug-likeness (QED) is 0.269. The van der Waals surface area contributed by atoms with Crippen molar-refractivity contribution in [2.45, 2.75) is 285 Å². The first-order valence-electron chi connectivity index (χ1n) is 29.3. The molecule has 4 saturated carbocycles. The van der Waals surface area contributed by atoms with Crippen LogP contribution in [0.15, 0.2) is 0 Å². The van der Waals surface area contributed by atoms with Crippen molar-refractivity contribution in [1.82, 2.24) is 39.2 Å². The van der Waals surface area contributed by atoms with E-state index < -0.39 is 0 Å². The van der Waals surface area contributed by atoms with Gasteiger partial charge in [0.05, 0.1) is 0 Å². The summed E-state index contributed by atoms with van der Waals surface area (Å²) in [5, 5.41) is 0. The van der Waals surface area contributed by atoms with Crippen molar-refractivity contribution < 1.29 is 0 Å². The monoisotopic (exact) mass is 991 g/mol. The average molecular weight is 992 g/mol. The lowest BCUT2D eigenvalue weighted by molar-refractivity contribution is -0.0697. The highest BCUT2D eigenvalue weighted by Crippen LogP contribution is 2.57. The summed E-state index contributed by atoms with van der Waals surface area (Å²) in [5.41, 5.74) is 2.99. The van der Waals surface area contributed by atoms with E-state index in [1.54, 1.807) is 19.3 Å². The minimum Gasteiger partial charge on any atom is -0.306 e. The number of likely N-dealkylation sites (tertiary alicyclic amines) is 4. The standard InChI is InChI=1S/C12H21N.C10H21N.C9H19N.2C7H17N.C6H13N.C6H15N.C5H11N/c1-13(2)12-6-9-3-10(7-12)5-11(4-9)8-12;1-9(2)7-6-8-10(3,4)11(9)5;1-8(2)6-7-9(3,4)10(8)5;1-6-7(2,3)8(4)5;1-6(2)8(5)7(3)4;1-7-5-3-2-4-6-7;1-6(2,3)7(4)5;1-6-4-2-3-5-6/h9-11H,3-8H2,1-2H3;6-8H2,1-5H3;6-7H2,1-5H3;6H2,1-5H3;6-7H,1-5H3;2-6H2,1H3;1-5H3;2-5H2,1H3. The van der Waals surface area contributed by atoms with Crippen LogP contribution in [0.3, 0.4) is 0 Å². The van der Waals surface area contributed by atoms with Gasteiger partial charge in [-0.1, -0.05) is 13.3 Å². The second kappa shape index (κ2) is 30.4. The highest BCUT2D eigenvalue weighted by atomic mass is 15.2. The summed E-state index contributed by atoms with van der Waals surface area (Å²) >= 11 is 0. The van der Waals surface area contributed by atoms with E-state index >= 15 is 0 Å². The maximum absolute atomic E-state index is 2.54. The SMILES string of the molecule is CC(C)N(C)C(C)C.CCC(C)(C)N(C)C.CN(C)C(C)(C)C.CN(C)C12CC3CC(CC(C3)C1)C2.CN1C(C)(C)CCC1(C)C.CN1C(C)(C)CCCC1(C)C.CN1CCCC1.CN1CCCCC1. The van der Waals surface area contributed by atoms with Crippen LogP contribution in [0.2, 0.25) is 0 Å². The van der Waals surface area contributed by atoms with E-state index in [-0.39, 0.29) is 0 Å². The lowest BCUT2D eigenvalue weighted by Gasteiger charge is -2.59. The third kappa shape index (κ3) is 25.0. The summed E-state index contributed by atoms with van der Waals surface area (Å²) in [6.45, 7) is 46.0. The molecule has 8 nitrogen and oxygen atoms in total. The van der Waals surface area contributed by atoms with Gasteiger partial charge in [0.25, 0.3) is 0 Å². The molecule has 8 fully saturated rings. The fourth-order valence-electron chi connectivity index (χ4n) is 11.3. The summed E-state index contributed by atoms with van der Waals surface area (Å²) < 4.78 is 0. The van der Waals surface area contributed by atoms with Crippen LogP contribution in [0.5, 0.6) is 0 Å². The molecule has 0 N–H and O–H groups in total. The van der Waals surface area contributed by atoms with Gasteiger partial charge in [-0.15, -0.1) is 0 Å². The van der Waals surface area contributed by atoms with Crippen LogP contribution < -0.4 is 0 Å². The van der Waals surface area contributed by atoms with Crippen molar-refractivity contribution >= 4 is 0 Å². The molecule has 0 radical (unpaired) electrons. The molecule has 70 heavy (non-hydrogen) atoms. The molecule has 0 spiro atoms. The predicted octanol–water partition coefficient (Wildman–Crippen LogP) is 14.1. The van der Waals surface area contributed by atoms with E-state index in [2.05, 4.69) is 241 Å². The highest BCUT2D eigenvalue weighted by Gasteiger charge is 2.52. The van der Waals surface area contributed by atoms with Crippen LogP contribution in [0, 0.1) is 17.8 Å². The Labute approximate surface area is 443 Å². The van der Waals surface area contributed by atoms with Crippen molar-refractivity contribution in [3.63, 3.8) is 0 Å². The molecule has 0 aromatic carbocycles. The molecule has 8 rings (SSSR count). The summed E-state index contributed by atoms with van der Waals surface area (Å²) in [6.07, 6.45) is 24.2. The fourth-order valence-corrected chi connectivity index (χ4v) is 11.3. The highest BCUT2D eigenvalue weighted by molar-refractivity contribution is 5.06. The fraction of sp³-hybridized carbons (Fsp3) is 1.00. The largest absolute Gasteiger partial charge is 0.306 e. The summed E-state index contributed by atoms with van der Waals surface area (Å²) in [4.78, 5) is 19.1. The van der Waals surface area contributed by atoms with Crippen molar-refractivity contribution in [3.8, 4) is 0 Å². The van der Waals surface area contributed by atoms with Gasteiger partial charge >= 0.3 is 0 Å². The molecule has 4 aliphatic carbocycles. The smallest absolute Gasteiger partial charge is 0.0211 e. The minimum atomic E-state index is 0.333. The molecule has 8 heteroatoms. The van der Waals surface area contributed by atoms with E-state index in [1.807, 2.05) is 0 Å². The number of piperidine rings is 2. The van der Waals surface area contributed by atoms with Gasteiger partial charge in [0, 0.05) is 50.9 Å². The lowest BCUT2D eigenvalue weighted by Crippen LogP contribution is -2.57. The van der Waals surface area contributed by atoms with Gasteiger partial charge in [0.15, 0.2) is 0 Å².